The van der Waals surface area contributed by atoms with Gasteiger partial charge in [0, 0.05) is 37.8 Å². The van der Waals surface area contributed by atoms with Crippen molar-refractivity contribution in [3.63, 3.8) is 0 Å². The Labute approximate surface area is 140 Å². The van der Waals surface area contributed by atoms with Crippen LogP contribution in [0.1, 0.15) is 26.3 Å². The monoisotopic (exact) mass is 334 g/mol. The first-order chi connectivity index (χ1) is 11.2. The van der Waals surface area contributed by atoms with E-state index in [-0.39, 0.29) is 17.9 Å². The predicted molar refractivity (Wildman–Crippen MR) is 89.4 cm³/mol. The molecule has 1 fully saturated rings. The highest BCUT2D eigenvalue weighted by Gasteiger charge is 2.30. The van der Waals surface area contributed by atoms with Gasteiger partial charge in [0.1, 0.15) is 18.7 Å². The van der Waals surface area contributed by atoms with Crippen molar-refractivity contribution in [2.45, 2.75) is 26.3 Å². The Balaban J connectivity index is 1.70. The molecule has 1 aliphatic heterocycles. The second kappa shape index (κ2) is 7.08. The molecule has 7 nitrogen and oxygen atoms in total. The summed E-state index contributed by atoms with van der Waals surface area (Å²) in [4.78, 5) is 25.6. The first-order valence-corrected chi connectivity index (χ1v) is 8.82. The first kappa shape index (κ1) is 15.9. The number of anilines is 1. The van der Waals surface area contributed by atoms with Crippen LogP contribution in [0.15, 0.2) is 24.2 Å². The topological polar surface area (TPSA) is 67.2 Å². The number of aromatic nitrogens is 4. The Kier molecular flexibility index (Phi) is 4.90. The van der Waals surface area contributed by atoms with Crippen LogP contribution < -0.4 is 4.90 Å². The van der Waals surface area contributed by atoms with Crippen molar-refractivity contribution in [1.29, 1.82) is 0 Å². The van der Waals surface area contributed by atoms with E-state index < -0.39 is 0 Å². The van der Waals surface area contributed by atoms with Gasteiger partial charge in [0.05, 0.1) is 0 Å². The van der Waals surface area contributed by atoms with E-state index in [1.165, 1.54) is 6.33 Å². The lowest BCUT2D eigenvalue weighted by molar-refractivity contribution is -0.136. The highest BCUT2D eigenvalue weighted by atomic mass is 32.1. The van der Waals surface area contributed by atoms with Crippen molar-refractivity contribution in [2.75, 3.05) is 31.1 Å². The third kappa shape index (κ3) is 3.52. The number of rotatable bonds is 4. The maximum atomic E-state index is 13.0. The van der Waals surface area contributed by atoms with Gasteiger partial charge in [-0.25, -0.2) is 14.6 Å². The molecule has 1 saturated heterocycles. The molecule has 0 aromatic carbocycles. The molecule has 23 heavy (non-hydrogen) atoms. The predicted octanol–water partition coefficient (Wildman–Crippen LogP) is 1.67. The summed E-state index contributed by atoms with van der Waals surface area (Å²) in [5, 5.41) is 7.20. The summed E-state index contributed by atoms with van der Waals surface area (Å²) in [6.07, 6.45) is 5.89. The molecule has 1 aliphatic rings. The zero-order valence-corrected chi connectivity index (χ0v) is 14.3. The van der Waals surface area contributed by atoms with Crippen LogP contribution >= 0.6 is 11.3 Å². The fourth-order valence-corrected chi connectivity index (χ4v) is 3.65. The molecule has 2 aromatic rings. The zero-order chi connectivity index (χ0) is 16.2. The van der Waals surface area contributed by atoms with Crippen molar-refractivity contribution in [2.24, 2.45) is 5.92 Å². The molecule has 0 N–H and O–H groups in total. The molecular formula is C15H22N6OS. The lowest BCUT2D eigenvalue weighted by Gasteiger charge is -2.28. The molecule has 0 unspecified atom stereocenters. The minimum atomic E-state index is -0.288. The smallest absolute Gasteiger partial charge is 0.247 e. The molecule has 0 spiro atoms. The molecule has 0 radical (unpaired) electrons. The van der Waals surface area contributed by atoms with Crippen molar-refractivity contribution in [3.8, 4) is 0 Å². The van der Waals surface area contributed by atoms with Gasteiger partial charge in [-0.1, -0.05) is 13.8 Å². The summed E-state index contributed by atoms with van der Waals surface area (Å²) in [6.45, 7) is 7.34. The van der Waals surface area contributed by atoms with Gasteiger partial charge in [-0.3, -0.25) is 4.79 Å². The van der Waals surface area contributed by atoms with Crippen LogP contribution in [-0.4, -0.2) is 56.7 Å². The van der Waals surface area contributed by atoms with Crippen LogP contribution in [0.4, 0.5) is 5.13 Å². The Bertz CT molecular complexity index is 612. The van der Waals surface area contributed by atoms with Crippen molar-refractivity contribution >= 4 is 22.4 Å². The SMILES string of the molecule is CC(C)[C@@H](C(=O)N1CCCN(c2nccs2)CC1)n1cncn1. The third-order valence-corrected chi connectivity index (χ3v) is 4.94. The van der Waals surface area contributed by atoms with Crippen molar-refractivity contribution in [3.05, 3.63) is 24.2 Å². The van der Waals surface area contributed by atoms with Gasteiger partial charge in [0.15, 0.2) is 5.13 Å². The van der Waals surface area contributed by atoms with Crippen LogP contribution in [0.2, 0.25) is 0 Å². The standard InChI is InChI=1S/C15H22N6OS/c1-12(2)13(21-11-16-10-18-21)14(22)19-5-3-6-20(8-7-19)15-17-4-9-23-15/h4,9-13H,3,5-8H2,1-2H3/t13-/m0/s1. The van der Waals surface area contributed by atoms with E-state index in [0.717, 1.165) is 37.7 Å². The zero-order valence-electron chi connectivity index (χ0n) is 13.5. The molecule has 1 amide bonds. The highest BCUT2D eigenvalue weighted by molar-refractivity contribution is 7.13. The Hall–Kier alpha value is -1.96. The summed E-state index contributed by atoms with van der Waals surface area (Å²) in [7, 11) is 0. The molecule has 124 valence electrons. The van der Waals surface area contributed by atoms with Gasteiger partial charge in [-0.15, -0.1) is 11.3 Å². The molecule has 3 rings (SSSR count). The fourth-order valence-electron chi connectivity index (χ4n) is 2.95. The van der Waals surface area contributed by atoms with Crippen LogP contribution in [0, 0.1) is 5.92 Å². The number of thiazole rings is 1. The van der Waals surface area contributed by atoms with E-state index in [9.17, 15) is 4.79 Å². The minimum Gasteiger partial charge on any atom is -0.346 e. The summed E-state index contributed by atoms with van der Waals surface area (Å²) in [5.41, 5.74) is 0. The molecule has 0 saturated carbocycles. The molecule has 0 aliphatic carbocycles. The number of nitrogens with zero attached hydrogens (tertiary/aromatic N) is 6. The van der Waals surface area contributed by atoms with E-state index in [1.54, 1.807) is 22.3 Å². The Morgan fingerprint density at radius 1 is 1.26 bits per heavy atom. The van der Waals surface area contributed by atoms with Gasteiger partial charge in [-0.05, 0) is 12.3 Å². The highest BCUT2D eigenvalue weighted by Crippen LogP contribution is 2.22. The second-order valence-electron chi connectivity index (χ2n) is 6.04. The summed E-state index contributed by atoms with van der Waals surface area (Å²) in [5.74, 6) is 0.300. The van der Waals surface area contributed by atoms with E-state index >= 15 is 0 Å². The van der Waals surface area contributed by atoms with E-state index in [4.69, 9.17) is 0 Å². The minimum absolute atomic E-state index is 0.131. The summed E-state index contributed by atoms with van der Waals surface area (Å²) in [6, 6.07) is -0.288. The van der Waals surface area contributed by atoms with E-state index in [1.807, 2.05) is 30.3 Å². The Morgan fingerprint density at radius 2 is 2.13 bits per heavy atom. The molecular weight excluding hydrogens is 312 g/mol. The van der Waals surface area contributed by atoms with Gasteiger partial charge < -0.3 is 9.80 Å². The van der Waals surface area contributed by atoms with Gasteiger partial charge in [0.2, 0.25) is 5.91 Å². The van der Waals surface area contributed by atoms with Gasteiger partial charge >= 0.3 is 0 Å². The average molecular weight is 334 g/mol. The molecule has 8 heteroatoms. The normalized spacial score (nSPS) is 17.3. The lowest BCUT2D eigenvalue weighted by atomic mass is 10.0. The van der Waals surface area contributed by atoms with Gasteiger partial charge in [0.25, 0.3) is 0 Å². The number of amides is 1. The summed E-state index contributed by atoms with van der Waals surface area (Å²) < 4.78 is 1.68. The van der Waals surface area contributed by atoms with Crippen molar-refractivity contribution in [1.82, 2.24) is 24.6 Å². The molecule has 0 bridgehead atoms. The van der Waals surface area contributed by atoms with E-state index in [2.05, 4.69) is 20.0 Å². The number of carbonyl (C=O) groups is 1. The van der Waals surface area contributed by atoms with Gasteiger partial charge in [-0.2, -0.15) is 5.10 Å². The number of hydrogen-bond acceptors (Lipinski definition) is 6. The summed E-state index contributed by atoms with van der Waals surface area (Å²) >= 11 is 1.65. The van der Waals surface area contributed by atoms with Crippen LogP contribution in [0.25, 0.3) is 0 Å². The molecule has 1 atom stereocenters. The Morgan fingerprint density at radius 3 is 2.78 bits per heavy atom. The quantitative estimate of drug-likeness (QED) is 0.851. The van der Waals surface area contributed by atoms with Crippen LogP contribution in [0.3, 0.4) is 0 Å². The maximum absolute atomic E-state index is 13.0. The van der Waals surface area contributed by atoms with Crippen molar-refractivity contribution < 1.29 is 4.79 Å². The van der Waals surface area contributed by atoms with E-state index in [0.29, 0.717) is 0 Å². The molecule has 2 aromatic heterocycles. The maximum Gasteiger partial charge on any atom is 0.247 e. The number of hydrogen-bond donors (Lipinski definition) is 0. The first-order valence-electron chi connectivity index (χ1n) is 7.94. The lowest BCUT2D eigenvalue weighted by Crippen LogP contribution is -2.41. The van der Waals surface area contributed by atoms with Crippen LogP contribution in [0.5, 0.6) is 0 Å². The van der Waals surface area contributed by atoms with Crippen LogP contribution in [-0.2, 0) is 4.79 Å². The fraction of sp³-hybridized carbons (Fsp3) is 0.600. The second-order valence-corrected chi connectivity index (χ2v) is 6.92. The molecule has 3 heterocycles. The third-order valence-electron chi connectivity index (χ3n) is 4.10. The average Bonchev–Trinajstić information content (AvgIpc) is 3.18. The number of carbonyl (C=O) groups excluding carboxylic acids is 1. The largest absolute Gasteiger partial charge is 0.346 e.